The minimum absolute atomic E-state index is 0.296. The van der Waals surface area contributed by atoms with Gasteiger partial charge in [-0.1, -0.05) is 6.08 Å². The standard InChI is InChI=1S/C22H28N2O6/c1-27-18-15-17(6-7-21(26)24-8-4-3-5-20(24)25)16-19(28-2)22(18)30-14-11-23-9-12-29-13-10-23/h3,5-7,15-16H,4,8-14H2,1-2H3/b7-6+. The van der Waals surface area contributed by atoms with Crippen LogP contribution >= 0.6 is 0 Å². The predicted molar refractivity (Wildman–Crippen MR) is 112 cm³/mol. The van der Waals surface area contributed by atoms with Crippen molar-refractivity contribution in [2.75, 3.05) is 60.2 Å². The van der Waals surface area contributed by atoms with Crippen LogP contribution in [0.2, 0.25) is 0 Å². The molecule has 8 heteroatoms. The summed E-state index contributed by atoms with van der Waals surface area (Å²) in [5.74, 6) is 0.900. The number of nitrogens with zero attached hydrogens (tertiary/aromatic N) is 2. The molecule has 0 saturated carbocycles. The minimum atomic E-state index is -0.354. The molecule has 0 spiro atoms. The zero-order valence-electron chi connectivity index (χ0n) is 17.5. The summed E-state index contributed by atoms with van der Waals surface area (Å²) in [5, 5.41) is 0. The lowest BCUT2D eigenvalue weighted by atomic mass is 10.1. The third kappa shape index (κ3) is 5.61. The van der Waals surface area contributed by atoms with Crippen LogP contribution in [-0.4, -0.2) is 81.8 Å². The maximum Gasteiger partial charge on any atom is 0.253 e. The van der Waals surface area contributed by atoms with E-state index >= 15 is 0 Å². The van der Waals surface area contributed by atoms with E-state index in [0.717, 1.165) is 32.8 Å². The lowest BCUT2D eigenvalue weighted by Crippen LogP contribution is -2.38. The van der Waals surface area contributed by atoms with Gasteiger partial charge in [-0.25, -0.2) is 0 Å². The van der Waals surface area contributed by atoms with Crippen LogP contribution in [-0.2, 0) is 14.3 Å². The van der Waals surface area contributed by atoms with E-state index in [4.69, 9.17) is 18.9 Å². The van der Waals surface area contributed by atoms with Gasteiger partial charge in [0.25, 0.3) is 11.8 Å². The van der Waals surface area contributed by atoms with Gasteiger partial charge in [-0.2, -0.15) is 0 Å². The van der Waals surface area contributed by atoms with Crippen LogP contribution in [0.5, 0.6) is 17.2 Å². The normalized spacial score (nSPS) is 17.4. The van der Waals surface area contributed by atoms with Crippen molar-refractivity contribution in [1.29, 1.82) is 0 Å². The SMILES string of the molecule is COc1cc(/C=C/C(=O)N2CCC=CC2=O)cc(OC)c1OCCN1CCOCC1. The highest BCUT2D eigenvalue weighted by atomic mass is 16.5. The summed E-state index contributed by atoms with van der Waals surface area (Å²) in [6.45, 7) is 4.93. The maximum absolute atomic E-state index is 12.3. The van der Waals surface area contributed by atoms with Crippen molar-refractivity contribution in [3.63, 3.8) is 0 Å². The van der Waals surface area contributed by atoms with Crippen molar-refractivity contribution >= 4 is 17.9 Å². The number of rotatable bonds is 8. The summed E-state index contributed by atoms with van der Waals surface area (Å²) in [5.41, 5.74) is 0.706. The van der Waals surface area contributed by atoms with Crippen LogP contribution in [0.3, 0.4) is 0 Å². The van der Waals surface area contributed by atoms with E-state index in [9.17, 15) is 9.59 Å². The Hall–Kier alpha value is -2.84. The molecule has 0 N–H and O–H groups in total. The Morgan fingerprint density at radius 1 is 1.13 bits per heavy atom. The van der Waals surface area contributed by atoms with E-state index in [1.165, 1.54) is 17.1 Å². The fraction of sp³-hybridized carbons (Fsp3) is 0.455. The molecule has 8 nitrogen and oxygen atoms in total. The number of carbonyl (C=O) groups is 2. The number of ether oxygens (including phenoxy) is 4. The molecule has 0 radical (unpaired) electrons. The highest BCUT2D eigenvalue weighted by molar-refractivity contribution is 6.06. The van der Waals surface area contributed by atoms with Gasteiger partial charge in [-0.3, -0.25) is 19.4 Å². The Balaban J connectivity index is 1.68. The van der Waals surface area contributed by atoms with Crippen molar-refractivity contribution in [2.24, 2.45) is 0 Å². The number of carbonyl (C=O) groups excluding carboxylic acids is 2. The molecule has 0 unspecified atom stereocenters. The van der Waals surface area contributed by atoms with Gasteiger partial charge in [0.1, 0.15) is 6.61 Å². The first kappa shape index (κ1) is 21.9. The fourth-order valence-electron chi connectivity index (χ4n) is 3.30. The highest BCUT2D eigenvalue weighted by Gasteiger charge is 2.19. The van der Waals surface area contributed by atoms with Gasteiger partial charge in [0.15, 0.2) is 11.5 Å². The highest BCUT2D eigenvalue weighted by Crippen LogP contribution is 2.39. The largest absolute Gasteiger partial charge is 0.493 e. The average molecular weight is 416 g/mol. The first-order chi connectivity index (χ1) is 14.6. The lowest BCUT2D eigenvalue weighted by Gasteiger charge is -2.26. The molecule has 1 fully saturated rings. The van der Waals surface area contributed by atoms with Crippen LogP contribution < -0.4 is 14.2 Å². The molecule has 0 atom stereocenters. The number of benzene rings is 1. The van der Waals surface area contributed by atoms with Crippen LogP contribution in [0.4, 0.5) is 0 Å². The number of hydrogen-bond acceptors (Lipinski definition) is 7. The van der Waals surface area contributed by atoms with Gasteiger partial charge in [0.2, 0.25) is 5.75 Å². The van der Waals surface area contributed by atoms with E-state index < -0.39 is 0 Å². The molecular weight excluding hydrogens is 388 g/mol. The summed E-state index contributed by atoms with van der Waals surface area (Å²) >= 11 is 0. The summed E-state index contributed by atoms with van der Waals surface area (Å²) in [6, 6.07) is 3.54. The topological polar surface area (TPSA) is 77.5 Å². The van der Waals surface area contributed by atoms with E-state index in [2.05, 4.69) is 4.90 Å². The fourth-order valence-corrected chi connectivity index (χ4v) is 3.30. The zero-order valence-corrected chi connectivity index (χ0v) is 17.5. The Morgan fingerprint density at radius 2 is 1.83 bits per heavy atom. The zero-order chi connectivity index (χ0) is 21.3. The summed E-state index contributed by atoms with van der Waals surface area (Å²) < 4.78 is 22.3. The van der Waals surface area contributed by atoms with Crippen molar-refractivity contribution in [1.82, 2.24) is 9.80 Å². The second-order valence-electron chi connectivity index (χ2n) is 6.91. The molecule has 2 amide bonds. The molecule has 0 aliphatic carbocycles. The number of hydrogen-bond donors (Lipinski definition) is 0. The monoisotopic (exact) mass is 416 g/mol. The van der Waals surface area contributed by atoms with Crippen LogP contribution in [0.25, 0.3) is 6.08 Å². The quantitative estimate of drug-likeness (QED) is 0.598. The second-order valence-corrected chi connectivity index (χ2v) is 6.91. The van der Waals surface area contributed by atoms with E-state index in [-0.39, 0.29) is 11.8 Å². The summed E-state index contributed by atoms with van der Waals surface area (Å²) in [4.78, 5) is 27.7. The lowest BCUT2D eigenvalue weighted by molar-refractivity contribution is -0.139. The summed E-state index contributed by atoms with van der Waals surface area (Å²) in [7, 11) is 3.11. The predicted octanol–water partition coefficient (Wildman–Crippen LogP) is 1.74. The van der Waals surface area contributed by atoms with Gasteiger partial charge < -0.3 is 18.9 Å². The van der Waals surface area contributed by atoms with Crippen molar-refractivity contribution in [3.05, 3.63) is 35.9 Å². The van der Waals surface area contributed by atoms with Crippen molar-refractivity contribution in [3.8, 4) is 17.2 Å². The molecule has 30 heavy (non-hydrogen) atoms. The molecular formula is C22H28N2O6. The number of morpholine rings is 1. The van der Waals surface area contributed by atoms with Crippen LogP contribution in [0.1, 0.15) is 12.0 Å². The maximum atomic E-state index is 12.3. The number of methoxy groups -OCH3 is 2. The third-order valence-electron chi connectivity index (χ3n) is 4.97. The Kier molecular flexibility index (Phi) is 7.87. The minimum Gasteiger partial charge on any atom is -0.493 e. The molecule has 1 aromatic carbocycles. The van der Waals surface area contributed by atoms with Gasteiger partial charge in [-0.15, -0.1) is 0 Å². The molecule has 1 saturated heterocycles. The third-order valence-corrected chi connectivity index (χ3v) is 4.97. The Morgan fingerprint density at radius 3 is 2.47 bits per heavy atom. The van der Waals surface area contributed by atoms with Crippen LogP contribution in [0.15, 0.2) is 30.4 Å². The Labute approximate surface area is 176 Å². The number of amides is 2. The molecule has 2 aliphatic rings. The second kappa shape index (κ2) is 10.8. The number of imide groups is 1. The van der Waals surface area contributed by atoms with E-state index in [1.807, 2.05) is 0 Å². The van der Waals surface area contributed by atoms with Crippen LogP contribution in [0, 0.1) is 0 Å². The molecule has 1 aromatic rings. The van der Waals surface area contributed by atoms with E-state index in [0.29, 0.717) is 42.4 Å². The summed E-state index contributed by atoms with van der Waals surface area (Å²) in [6.07, 6.45) is 6.87. The molecule has 0 aromatic heterocycles. The van der Waals surface area contributed by atoms with Gasteiger partial charge in [0.05, 0.1) is 27.4 Å². The van der Waals surface area contributed by atoms with Gasteiger partial charge in [0, 0.05) is 32.3 Å². The molecule has 0 bridgehead atoms. The van der Waals surface area contributed by atoms with Crippen molar-refractivity contribution in [2.45, 2.75) is 6.42 Å². The smallest absolute Gasteiger partial charge is 0.253 e. The molecule has 2 aliphatic heterocycles. The average Bonchev–Trinajstić information content (AvgIpc) is 2.78. The Bertz CT molecular complexity index is 789. The molecule has 162 valence electrons. The van der Waals surface area contributed by atoms with E-state index in [1.54, 1.807) is 38.5 Å². The molecule has 2 heterocycles. The first-order valence-corrected chi connectivity index (χ1v) is 10.0. The molecule has 3 rings (SSSR count). The first-order valence-electron chi connectivity index (χ1n) is 10.0. The van der Waals surface area contributed by atoms with Gasteiger partial charge >= 0.3 is 0 Å². The van der Waals surface area contributed by atoms with Crippen molar-refractivity contribution < 1.29 is 28.5 Å². The van der Waals surface area contributed by atoms with Gasteiger partial charge in [-0.05, 0) is 36.3 Å².